The van der Waals surface area contributed by atoms with Gasteiger partial charge in [-0.25, -0.2) is 9.59 Å². The van der Waals surface area contributed by atoms with Gasteiger partial charge in [-0.05, 0) is 25.0 Å². The van der Waals surface area contributed by atoms with Crippen molar-refractivity contribution in [3.63, 3.8) is 0 Å². The van der Waals surface area contributed by atoms with Gasteiger partial charge in [0.1, 0.15) is 6.61 Å². The van der Waals surface area contributed by atoms with E-state index in [4.69, 9.17) is 21.4 Å². The van der Waals surface area contributed by atoms with Gasteiger partial charge in [0.25, 0.3) is 0 Å². The van der Waals surface area contributed by atoms with E-state index in [2.05, 4.69) is 5.32 Å². The Morgan fingerprint density at radius 2 is 2.00 bits per heavy atom. The molecule has 0 aliphatic carbocycles. The van der Waals surface area contributed by atoms with E-state index in [0.29, 0.717) is 36.6 Å². The Labute approximate surface area is 127 Å². The third-order valence-electron chi connectivity index (χ3n) is 3.29. The SMILES string of the molecule is O=C(O)COC1CCN(C(=O)Nc2ccccc2Cl)CC1. The van der Waals surface area contributed by atoms with E-state index in [1.54, 1.807) is 29.2 Å². The van der Waals surface area contributed by atoms with E-state index < -0.39 is 5.97 Å². The summed E-state index contributed by atoms with van der Waals surface area (Å²) in [7, 11) is 0. The summed E-state index contributed by atoms with van der Waals surface area (Å²) in [4.78, 5) is 24.2. The number of rotatable bonds is 4. The molecule has 2 N–H and O–H groups in total. The number of nitrogens with zero attached hydrogens (tertiary/aromatic N) is 1. The number of benzene rings is 1. The number of anilines is 1. The Bertz CT molecular complexity index is 515. The number of aliphatic carboxylic acids is 1. The average Bonchev–Trinajstić information content (AvgIpc) is 2.48. The van der Waals surface area contributed by atoms with Crippen LogP contribution in [-0.2, 0) is 9.53 Å². The Morgan fingerprint density at radius 3 is 2.62 bits per heavy atom. The molecule has 0 atom stereocenters. The number of hydrogen-bond donors (Lipinski definition) is 2. The lowest BCUT2D eigenvalue weighted by Gasteiger charge is -2.31. The highest BCUT2D eigenvalue weighted by Gasteiger charge is 2.24. The molecule has 1 fully saturated rings. The lowest BCUT2D eigenvalue weighted by molar-refractivity contribution is -0.145. The van der Waals surface area contributed by atoms with Crippen LogP contribution < -0.4 is 5.32 Å². The first-order valence-electron chi connectivity index (χ1n) is 6.70. The summed E-state index contributed by atoms with van der Waals surface area (Å²) in [6.45, 7) is 0.762. The van der Waals surface area contributed by atoms with Crippen molar-refractivity contribution >= 4 is 29.3 Å². The minimum absolute atomic E-state index is 0.106. The van der Waals surface area contributed by atoms with Gasteiger partial charge in [-0.15, -0.1) is 0 Å². The molecule has 1 aromatic carbocycles. The summed E-state index contributed by atoms with van der Waals surface area (Å²) >= 11 is 5.99. The maximum atomic E-state index is 12.1. The van der Waals surface area contributed by atoms with Crippen LogP contribution >= 0.6 is 11.6 Å². The van der Waals surface area contributed by atoms with Crippen LogP contribution in [0.4, 0.5) is 10.5 Å². The molecule has 2 rings (SSSR count). The average molecular weight is 313 g/mol. The number of amides is 2. The quantitative estimate of drug-likeness (QED) is 0.895. The van der Waals surface area contributed by atoms with Crippen molar-refractivity contribution < 1.29 is 19.4 Å². The maximum absolute atomic E-state index is 12.1. The van der Waals surface area contributed by atoms with Crippen molar-refractivity contribution in [2.75, 3.05) is 25.0 Å². The summed E-state index contributed by atoms with van der Waals surface area (Å²) in [5, 5.41) is 11.8. The van der Waals surface area contributed by atoms with Crippen LogP contribution in [-0.4, -0.2) is 47.8 Å². The molecule has 1 saturated heterocycles. The molecule has 0 unspecified atom stereocenters. The standard InChI is InChI=1S/C14H17ClN2O4/c15-11-3-1-2-4-12(11)16-14(20)17-7-5-10(6-8-17)21-9-13(18)19/h1-4,10H,5-9H2,(H,16,20)(H,18,19). The monoisotopic (exact) mass is 312 g/mol. The van der Waals surface area contributed by atoms with Gasteiger partial charge in [0.05, 0.1) is 16.8 Å². The zero-order valence-electron chi connectivity index (χ0n) is 11.4. The van der Waals surface area contributed by atoms with E-state index in [1.165, 1.54) is 0 Å². The van der Waals surface area contributed by atoms with Gasteiger partial charge in [0, 0.05) is 13.1 Å². The second-order valence-electron chi connectivity index (χ2n) is 4.80. The molecule has 0 aromatic heterocycles. The van der Waals surface area contributed by atoms with E-state index in [-0.39, 0.29) is 18.7 Å². The van der Waals surface area contributed by atoms with Gasteiger partial charge in [-0.1, -0.05) is 23.7 Å². The van der Waals surface area contributed by atoms with Crippen molar-refractivity contribution in [2.45, 2.75) is 18.9 Å². The first-order chi connectivity index (χ1) is 10.1. The minimum atomic E-state index is -0.978. The molecule has 2 amide bonds. The Balaban J connectivity index is 1.81. The molecule has 0 saturated carbocycles. The second kappa shape index (κ2) is 7.28. The van der Waals surface area contributed by atoms with E-state index in [0.717, 1.165) is 0 Å². The van der Waals surface area contributed by atoms with Gasteiger partial charge in [0.2, 0.25) is 0 Å². The molecule has 1 aromatic rings. The van der Waals surface area contributed by atoms with Crippen LogP contribution in [0, 0.1) is 0 Å². The smallest absolute Gasteiger partial charge is 0.329 e. The van der Waals surface area contributed by atoms with Crippen molar-refractivity contribution in [1.29, 1.82) is 0 Å². The Kier molecular flexibility index (Phi) is 5.41. The molecule has 6 nitrogen and oxygen atoms in total. The van der Waals surface area contributed by atoms with E-state index in [1.807, 2.05) is 0 Å². The van der Waals surface area contributed by atoms with Gasteiger partial charge in [-0.3, -0.25) is 0 Å². The van der Waals surface area contributed by atoms with Crippen LogP contribution in [0.15, 0.2) is 24.3 Å². The molecular formula is C14H17ClN2O4. The number of hydrogen-bond acceptors (Lipinski definition) is 3. The van der Waals surface area contributed by atoms with Crippen LogP contribution in [0.1, 0.15) is 12.8 Å². The van der Waals surface area contributed by atoms with Crippen molar-refractivity contribution in [2.24, 2.45) is 0 Å². The number of halogens is 1. The fraction of sp³-hybridized carbons (Fsp3) is 0.429. The highest BCUT2D eigenvalue weighted by Crippen LogP contribution is 2.22. The van der Waals surface area contributed by atoms with Gasteiger partial charge in [0.15, 0.2) is 0 Å². The van der Waals surface area contributed by atoms with Crippen LogP contribution in [0.25, 0.3) is 0 Å². The number of nitrogens with one attached hydrogen (secondary N) is 1. The molecule has 0 spiro atoms. The van der Waals surface area contributed by atoms with Crippen LogP contribution in [0.5, 0.6) is 0 Å². The number of carbonyl (C=O) groups is 2. The lowest BCUT2D eigenvalue weighted by Crippen LogP contribution is -2.43. The number of urea groups is 1. The molecule has 1 aliphatic heterocycles. The highest BCUT2D eigenvalue weighted by atomic mass is 35.5. The zero-order valence-corrected chi connectivity index (χ0v) is 12.2. The van der Waals surface area contributed by atoms with Crippen molar-refractivity contribution in [1.82, 2.24) is 4.90 Å². The lowest BCUT2D eigenvalue weighted by atomic mass is 10.1. The summed E-state index contributed by atoms with van der Waals surface area (Å²) in [5.41, 5.74) is 0.577. The molecule has 21 heavy (non-hydrogen) atoms. The number of likely N-dealkylation sites (tertiary alicyclic amines) is 1. The van der Waals surface area contributed by atoms with Gasteiger partial charge >= 0.3 is 12.0 Å². The predicted octanol–water partition coefficient (Wildman–Crippen LogP) is 2.44. The third-order valence-corrected chi connectivity index (χ3v) is 3.62. The largest absolute Gasteiger partial charge is 0.480 e. The number of carboxylic acid groups (broad SMARTS) is 1. The van der Waals surface area contributed by atoms with Crippen molar-refractivity contribution in [3.8, 4) is 0 Å². The van der Waals surface area contributed by atoms with E-state index >= 15 is 0 Å². The van der Waals surface area contributed by atoms with Gasteiger partial charge in [-0.2, -0.15) is 0 Å². The molecule has 0 radical (unpaired) electrons. The summed E-state index contributed by atoms with van der Waals surface area (Å²) in [6, 6.07) is 6.84. The highest BCUT2D eigenvalue weighted by molar-refractivity contribution is 6.33. The molecule has 1 heterocycles. The topological polar surface area (TPSA) is 78.9 Å². The molecular weight excluding hydrogens is 296 g/mol. The summed E-state index contributed by atoms with van der Waals surface area (Å²) in [6.07, 6.45) is 1.15. The molecule has 1 aliphatic rings. The first kappa shape index (κ1) is 15.6. The number of piperidine rings is 1. The van der Waals surface area contributed by atoms with Crippen LogP contribution in [0.3, 0.4) is 0 Å². The summed E-state index contributed by atoms with van der Waals surface area (Å²) in [5.74, 6) is -0.978. The zero-order chi connectivity index (χ0) is 15.2. The molecule has 114 valence electrons. The third kappa shape index (κ3) is 4.61. The maximum Gasteiger partial charge on any atom is 0.329 e. The summed E-state index contributed by atoms with van der Waals surface area (Å²) < 4.78 is 5.23. The Morgan fingerprint density at radius 1 is 1.33 bits per heavy atom. The number of carboxylic acids is 1. The fourth-order valence-corrected chi connectivity index (χ4v) is 2.35. The first-order valence-corrected chi connectivity index (χ1v) is 7.08. The fourth-order valence-electron chi connectivity index (χ4n) is 2.17. The van der Waals surface area contributed by atoms with E-state index in [9.17, 15) is 9.59 Å². The number of carbonyl (C=O) groups excluding carboxylic acids is 1. The molecule has 7 heteroatoms. The van der Waals surface area contributed by atoms with Crippen molar-refractivity contribution in [3.05, 3.63) is 29.3 Å². The molecule has 0 bridgehead atoms. The Hall–Kier alpha value is -1.79. The van der Waals surface area contributed by atoms with Crippen LogP contribution in [0.2, 0.25) is 5.02 Å². The van der Waals surface area contributed by atoms with Gasteiger partial charge < -0.3 is 20.1 Å². The number of ether oxygens (including phenoxy) is 1. The normalized spacial score (nSPS) is 15.8. The number of para-hydroxylation sites is 1. The predicted molar refractivity (Wildman–Crippen MR) is 78.7 cm³/mol. The second-order valence-corrected chi connectivity index (χ2v) is 5.21. The minimum Gasteiger partial charge on any atom is -0.480 e.